The van der Waals surface area contributed by atoms with Gasteiger partial charge in [0.15, 0.2) is 23.0 Å². The summed E-state index contributed by atoms with van der Waals surface area (Å²) >= 11 is 0. The van der Waals surface area contributed by atoms with E-state index in [1.807, 2.05) is 13.8 Å². The molecule has 25 heavy (non-hydrogen) atoms. The Morgan fingerprint density at radius 3 is 2.88 bits per heavy atom. The van der Waals surface area contributed by atoms with Crippen molar-refractivity contribution in [3.8, 4) is 0 Å². The van der Waals surface area contributed by atoms with Crippen molar-refractivity contribution in [1.29, 1.82) is 0 Å². The van der Waals surface area contributed by atoms with Crippen LogP contribution >= 0.6 is 0 Å². The molecular formula is C16H19N7O2. The summed E-state index contributed by atoms with van der Waals surface area (Å²) in [4.78, 5) is 27.6. The fourth-order valence-corrected chi connectivity index (χ4v) is 2.84. The quantitative estimate of drug-likeness (QED) is 0.768. The highest BCUT2D eigenvalue weighted by atomic mass is 16.5. The highest BCUT2D eigenvalue weighted by Gasteiger charge is 2.30. The second kappa shape index (κ2) is 6.25. The number of aromatic nitrogens is 6. The third-order valence-corrected chi connectivity index (χ3v) is 4.21. The standard InChI is InChI=1S/C16H19N7O2/c1-10(2)13-19-14(21-20-13)11-9-23(7-8-25-11)16(24)12-15-18-4-6-22(15)5-3-17-12/h3-6,10-11H,7-9H2,1-2H3,(H,19,20,21)/t11-/m1/s1. The Labute approximate surface area is 144 Å². The summed E-state index contributed by atoms with van der Waals surface area (Å²) in [5, 5.41) is 7.13. The number of aromatic amines is 1. The maximum Gasteiger partial charge on any atom is 0.276 e. The summed E-state index contributed by atoms with van der Waals surface area (Å²) in [5.41, 5.74) is 0.894. The molecule has 1 amide bonds. The van der Waals surface area contributed by atoms with Crippen molar-refractivity contribution in [1.82, 2.24) is 34.4 Å². The molecule has 4 rings (SSSR count). The molecule has 1 aliphatic rings. The van der Waals surface area contributed by atoms with Crippen LogP contribution < -0.4 is 0 Å². The van der Waals surface area contributed by atoms with Crippen molar-refractivity contribution in [3.05, 3.63) is 42.1 Å². The predicted molar refractivity (Wildman–Crippen MR) is 88.1 cm³/mol. The topological polar surface area (TPSA) is 101 Å². The average Bonchev–Trinajstić information content (AvgIpc) is 3.30. The molecule has 3 aromatic rings. The second-order valence-corrected chi connectivity index (χ2v) is 6.28. The number of ether oxygens (including phenoxy) is 1. The molecule has 130 valence electrons. The number of nitrogens with one attached hydrogen (secondary N) is 1. The zero-order chi connectivity index (χ0) is 17.4. The zero-order valence-corrected chi connectivity index (χ0v) is 14.1. The second-order valence-electron chi connectivity index (χ2n) is 6.28. The molecule has 3 aromatic heterocycles. The molecule has 1 saturated heterocycles. The molecule has 0 spiro atoms. The van der Waals surface area contributed by atoms with Gasteiger partial charge in [0.1, 0.15) is 6.10 Å². The molecule has 9 heteroatoms. The summed E-state index contributed by atoms with van der Waals surface area (Å²) in [5.74, 6) is 1.46. The van der Waals surface area contributed by atoms with Crippen LogP contribution in [0.25, 0.3) is 5.65 Å². The molecule has 0 aromatic carbocycles. The van der Waals surface area contributed by atoms with E-state index in [4.69, 9.17) is 4.74 Å². The number of imidazole rings is 1. The Balaban J connectivity index is 1.56. The van der Waals surface area contributed by atoms with Crippen molar-refractivity contribution in [2.75, 3.05) is 19.7 Å². The number of carbonyl (C=O) groups excluding carboxylic acids is 1. The molecule has 9 nitrogen and oxygen atoms in total. The summed E-state index contributed by atoms with van der Waals surface area (Å²) in [7, 11) is 0. The van der Waals surface area contributed by atoms with Crippen LogP contribution in [-0.2, 0) is 4.74 Å². The van der Waals surface area contributed by atoms with E-state index in [1.54, 1.807) is 34.1 Å². The maximum absolute atomic E-state index is 12.9. The van der Waals surface area contributed by atoms with Crippen LogP contribution in [0, 0.1) is 0 Å². The van der Waals surface area contributed by atoms with Gasteiger partial charge in [-0.25, -0.2) is 15.0 Å². The first-order valence-corrected chi connectivity index (χ1v) is 8.24. The number of amides is 1. The summed E-state index contributed by atoms with van der Waals surface area (Å²) < 4.78 is 7.56. The third kappa shape index (κ3) is 2.86. The van der Waals surface area contributed by atoms with E-state index < -0.39 is 0 Å². The Kier molecular flexibility index (Phi) is 3.92. The number of hydrogen-bond acceptors (Lipinski definition) is 6. The first kappa shape index (κ1) is 15.7. The highest BCUT2D eigenvalue weighted by molar-refractivity contribution is 5.97. The first-order valence-electron chi connectivity index (χ1n) is 8.24. The molecule has 1 fully saturated rings. The summed E-state index contributed by atoms with van der Waals surface area (Å²) in [6.07, 6.45) is 6.49. The van der Waals surface area contributed by atoms with Crippen molar-refractivity contribution < 1.29 is 9.53 Å². The largest absolute Gasteiger partial charge is 0.367 e. The van der Waals surface area contributed by atoms with Crippen LogP contribution in [0.5, 0.6) is 0 Å². The van der Waals surface area contributed by atoms with E-state index in [9.17, 15) is 4.79 Å². The predicted octanol–water partition coefficient (Wildman–Crippen LogP) is 1.18. The molecule has 0 aliphatic carbocycles. The lowest BCUT2D eigenvalue weighted by Gasteiger charge is -2.31. The number of H-pyrrole nitrogens is 1. The van der Waals surface area contributed by atoms with Gasteiger partial charge in [-0.3, -0.25) is 9.89 Å². The van der Waals surface area contributed by atoms with Crippen LogP contribution in [0.15, 0.2) is 24.8 Å². The van der Waals surface area contributed by atoms with Gasteiger partial charge in [-0.1, -0.05) is 13.8 Å². The molecule has 4 heterocycles. The minimum Gasteiger partial charge on any atom is -0.367 e. The van der Waals surface area contributed by atoms with Crippen LogP contribution in [-0.4, -0.2) is 60.1 Å². The lowest BCUT2D eigenvalue weighted by molar-refractivity contribution is -0.0268. The molecule has 1 N–H and O–H groups in total. The van der Waals surface area contributed by atoms with Gasteiger partial charge in [-0.15, -0.1) is 0 Å². The van der Waals surface area contributed by atoms with Crippen LogP contribution in [0.2, 0.25) is 0 Å². The van der Waals surface area contributed by atoms with Crippen molar-refractivity contribution in [2.24, 2.45) is 0 Å². The maximum atomic E-state index is 12.9. The number of carbonyl (C=O) groups is 1. The van der Waals surface area contributed by atoms with Crippen molar-refractivity contribution in [2.45, 2.75) is 25.9 Å². The van der Waals surface area contributed by atoms with Gasteiger partial charge in [0.25, 0.3) is 5.91 Å². The van der Waals surface area contributed by atoms with E-state index in [0.29, 0.717) is 36.9 Å². The van der Waals surface area contributed by atoms with E-state index in [-0.39, 0.29) is 17.9 Å². The Hall–Kier alpha value is -2.81. The molecule has 0 saturated carbocycles. The summed E-state index contributed by atoms with van der Waals surface area (Å²) in [6.45, 7) is 5.40. The molecule has 0 unspecified atom stereocenters. The summed E-state index contributed by atoms with van der Waals surface area (Å²) in [6, 6.07) is 0. The number of rotatable bonds is 3. The van der Waals surface area contributed by atoms with E-state index in [0.717, 1.165) is 5.82 Å². The van der Waals surface area contributed by atoms with Crippen LogP contribution in [0.4, 0.5) is 0 Å². The number of nitrogens with zero attached hydrogens (tertiary/aromatic N) is 6. The lowest BCUT2D eigenvalue weighted by Crippen LogP contribution is -2.43. The smallest absolute Gasteiger partial charge is 0.276 e. The average molecular weight is 341 g/mol. The van der Waals surface area contributed by atoms with Gasteiger partial charge in [0.05, 0.1) is 13.2 Å². The van der Waals surface area contributed by atoms with Crippen molar-refractivity contribution >= 4 is 11.6 Å². The van der Waals surface area contributed by atoms with Gasteiger partial charge >= 0.3 is 0 Å². The van der Waals surface area contributed by atoms with Gasteiger partial charge in [0, 0.05) is 37.3 Å². The van der Waals surface area contributed by atoms with Gasteiger partial charge < -0.3 is 14.0 Å². The number of fused-ring (bicyclic) bond motifs is 1. The minimum atomic E-state index is -0.322. The highest BCUT2D eigenvalue weighted by Crippen LogP contribution is 2.22. The number of hydrogen-bond donors (Lipinski definition) is 1. The number of morpholine rings is 1. The fourth-order valence-electron chi connectivity index (χ4n) is 2.84. The van der Waals surface area contributed by atoms with Gasteiger partial charge in [0.2, 0.25) is 0 Å². The van der Waals surface area contributed by atoms with Crippen LogP contribution in [0.3, 0.4) is 0 Å². The Morgan fingerprint density at radius 1 is 1.32 bits per heavy atom. The monoisotopic (exact) mass is 341 g/mol. The first-order chi connectivity index (χ1) is 12.1. The Bertz CT molecular complexity index is 901. The normalized spacial score (nSPS) is 18.2. The van der Waals surface area contributed by atoms with Gasteiger partial charge in [-0.2, -0.15) is 5.10 Å². The lowest BCUT2D eigenvalue weighted by atomic mass is 10.2. The van der Waals surface area contributed by atoms with E-state index in [2.05, 4.69) is 25.1 Å². The molecule has 0 radical (unpaired) electrons. The molecule has 1 atom stereocenters. The van der Waals surface area contributed by atoms with Crippen molar-refractivity contribution in [3.63, 3.8) is 0 Å². The zero-order valence-electron chi connectivity index (χ0n) is 14.1. The van der Waals surface area contributed by atoms with E-state index in [1.165, 1.54) is 0 Å². The molecular weight excluding hydrogens is 322 g/mol. The van der Waals surface area contributed by atoms with Gasteiger partial charge in [-0.05, 0) is 0 Å². The fraction of sp³-hybridized carbons (Fsp3) is 0.438. The molecule has 0 bridgehead atoms. The SMILES string of the molecule is CC(C)c1n[nH]c([C@H]2CN(C(=O)c3nccn4ccnc34)CCO2)n1. The molecule has 1 aliphatic heterocycles. The minimum absolute atomic E-state index is 0.159. The third-order valence-electron chi connectivity index (χ3n) is 4.21. The van der Waals surface area contributed by atoms with Crippen LogP contribution in [0.1, 0.15) is 48.0 Å². The van der Waals surface area contributed by atoms with E-state index >= 15 is 0 Å². The Morgan fingerprint density at radius 2 is 2.12 bits per heavy atom.